The summed E-state index contributed by atoms with van der Waals surface area (Å²) in [4.78, 5) is 22.3. The van der Waals surface area contributed by atoms with Gasteiger partial charge in [-0.2, -0.15) is 4.98 Å². The number of aromatic amines is 1. The van der Waals surface area contributed by atoms with Crippen molar-refractivity contribution in [1.29, 1.82) is 0 Å². The molecule has 4 aromatic rings. The molecule has 1 N–H and O–H groups in total. The highest BCUT2D eigenvalue weighted by Gasteiger charge is 2.30. The fourth-order valence-electron chi connectivity index (χ4n) is 3.84. The summed E-state index contributed by atoms with van der Waals surface area (Å²) in [5.74, 6) is 1.85. The zero-order chi connectivity index (χ0) is 18.9. The molecule has 142 valence electrons. The van der Waals surface area contributed by atoms with Gasteiger partial charge in [-0.1, -0.05) is 23.4 Å². The van der Waals surface area contributed by atoms with E-state index in [1.807, 2.05) is 29.3 Å². The van der Waals surface area contributed by atoms with E-state index in [1.165, 1.54) is 10.9 Å². The van der Waals surface area contributed by atoms with E-state index in [4.69, 9.17) is 8.94 Å². The maximum atomic E-state index is 12.7. The zero-order valence-electron chi connectivity index (χ0n) is 15.3. The molecule has 0 radical (unpaired) electrons. The van der Waals surface area contributed by atoms with Gasteiger partial charge in [0.25, 0.3) is 5.89 Å². The highest BCUT2D eigenvalue weighted by atomic mass is 16.5. The molecule has 0 saturated carbocycles. The first kappa shape index (κ1) is 16.8. The lowest BCUT2D eigenvalue weighted by Crippen LogP contribution is -2.28. The normalized spacial score (nSPS) is 16.9. The van der Waals surface area contributed by atoms with Crippen LogP contribution >= 0.6 is 0 Å². The molecule has 1 aliphatic heterocycles. The summed E-state index contributed by atoms with van der Waals surface area (Å²) in [5, 5.41) is 5.27. The molecule has 0 bridgehead atoms. The number of carbonyl (C=O) groups is 1. The summed E-state index contributed by atoms with van der Waals surface area (Å²) in [6.45, 7) is 1.35. The summed E-state index contributed by atoms with van der Waals surface area (Å²) in [6, 6.07) is 11.7. The second-order valence-corrected chi connectivity index (χ2v) is 7.12. The van der Waals surface area contributed by atoms with Crippen LogP contribution in [-0.2, 0) is 11.2 Å². The maximum Gasteiger partial charge on any atom is 0.293 e. The number of H-pyrrole nitrogens is 1. The molecule has 1 fully saturated rings. The van der Waals surface area contributed by atoms with Crippen molar-refractivity contribution in [2.45, 2.75) is 25.2 Å². The smallest absolute Gasteiger partial charge is 0.293 e. The Morgan fingerprint density at radius 3 is 3.07 bits per heavy atom. The van der Waals surface area contributed by atoms with Crippen molar-refractivity contribution in [3.8, 4) is 11.7 Å². The number of nitrogens with zero attached hydrogens (tertiary/aromatic N) is 3. The molecule has 0 spiro atoms. The Morgan fingerprint density at radius 1 is 1.25 bits per heavy atom. The number of aryl methyl sites for hydroxylation is 1. The number of aromatic nitrogens is 3. The van der Waals surface area contributed by atoms with E-state index >= 15 is 0 Å². The number of amides is 1. The van der Waals surface area contributed by atoms with Gasteiger partial charge in [0.05, 0.1) is 6.26 Å². The van der Waals surface area contributed by atoms with Crippen LogP contribution in [0, 0.1) is 0 Å². The average Bonchev–Trinajstić information content (AvgIpc) is 3.52. The number of likely N-dealkylation sites (tertiary alicyclic amines) is 1. The van der Waals surface area contributed by atoms with Crippen LogP contribution < -0.4 is 0 Å². The van der Waals surface area contributed by atoms with Crippen LogP contribution in [0.2, 0.25) is 0 Å². The number of hydrogen-bond donors (Lipinski definition) is 1. The van der Waals surface area contributed by atoms with Crippen molar-refractivity contribution in [2.75, 3.05) is 13.1 Å². The van der Waals surface area contributed by atoms with E-state index in [-0.39, 0.29) is 11.8 Å². The minimum Gasteiger partial charge on any atom is -0.459 e. The van der Waals surface area contributed by atoms with E-state index in [0.717, 1.165) is 24.9 Å². The third-order valence-corrected chi connectivity index (χ3v) is 5.36. The van der Waals surface area contributed by atoms with Crippen LogP contribution in [0.25, 0.3) is 22.6 Å². The molecular formula is C21H20N4O3. The van der Waals surface area contributed by atoms with Crippen LogP contribution in [0.4, 0.5) is 0 Å². The zero-order valence-corrected chi connectivity index (χ0v) is 15.3. The molecule has 7 nitrogen and oxygen atoms in total. The number of rotatable bonds is 5. The maximum absolute atomic E-state index is 12.7. The summed E-state index contributed by atoms with van der Waals surface area (Å²) in [6.07, 6.45) is 5.65. The summed E-state index contributed by atoms with van der Waals surface area (Å²) in [7, 11) is 0. The number of hydrogen-bond acceptors (Lipinski definition) is 5. The molecule has 1 aliphatic rings. The fourth-order valence-corrected chi connectivity index (χ4v) is 3.84. The van der Waals surface area contributed by atoms with E-state index < -0.39 is 0 Å². The van der Waals surface area contributed by atoms with Gasteiger partial charge in [0.15, 0.2) is 11.6 Å². The fraction of sp³-hybridized carbons (Fsp3) is 0.286. The molecule has 1 aromatic carbocycles. The monoisotopic (exact) mass is 376 g/mol. The number of fused-ring (bicyclic) bond motifs is 1. The Bertz CT molecular complexity index is 1100. The molecular weight excluding hydrogens is 356 g/mol. The number of para-hydroxylation sites is 1. The Morgan fingerprint density at radius 2 is 2.18 bits per heavy atom. The van der Waals surface area contributed by atoms with Gasteiger partial charge in [-0.25, -0.2) is 0 Å². The number of benzene rings is 1. The van der Waals surface area contributed by atoms with Gasteiger partial charge in [-0.05, 0) is 36.6 Å². The first-order valence-corrected chi connectivity index (χ1v) is 9.48. The predicted molar refractivity (Wildman–Crippen MR) is 103 cm³/mol. The number of furan rings is 1. The molecule has 5 rings (SSSR count). The highest BCUT2D eigenvalue weighted by molar-refractivity contribution is 5.84. The second-order valence-electron chi connectivity index (χ2n) is 7.12. The van der Waals surface area contributed by atoms with Crippen molar-refractivity contribution in [3.63, 3.8) is 0 Å². The highest BCUT2D eigenvalue weighted by Crippen LogP contribution is 2.28. The van der Waals surface area contributed by atoms with Gasteiger partial charge < -0.3 is 18.8 Å². The van der Waals surface area contributed by atoms with Crippen LogP contribution in [0.3, 0.4) is 0 Å². The van der Waals surface area contributed by atoms with Gasteiger partial charge in [-0.3, -0.25) is 4.79 Å². The van der Waals surface area contributed by atoms with Crippen molar-refractivity contribution < 1.29 is 13.7 Å². The molecule has 0 unspecified atom stereocenters. The molecule has 1 amide bonds. The van der Waals surface area contributed by atoms with Crippen LogP contribution in [0.5, 0.6) is 0 Å². The third-order valence-electron chi connectivity index (χ3n) is 5.36. The molecule has 28 heavy (non-hydrogen) atoms. The van der Waals surface area contributed by atoms with Crippen LogP contribution in [-0.4, -0.2) is 39.0 Å². The predicted octanol–water partition coefficient (Wildman–Crippen LogP) is 3.76. The first-order valence-electron chi connectivity index (χ1n) is 9.48. The molecule has 0 aliphatic carbocycles. The number of carbonyl (C=O) groups excluding carboxylic acids is 1. The molecule has 1 atom stereocenters. The van der Waals surface area contributed by atoms with Crippen LogP contribution in [0.15, 0.2) is 57.8 Å². The van der Waals surface area contributed by atoms with Gasteiger partial charge in [0.1, 0.15) is 0 Å². The van der Waals surface area contributed by atoms with Crippen molar-refractivity contribution >= 4 is 16.8 Å². The van der Waals surface area contributed by atoms with E-state index in [0.29, 0.717) is 30.4 Å². The Balaban J connectivity index is 1.20. The standard InChI is InChI=1S/C21H20N4O3/c26-19(8-7-14-12-22-17-5-2-1-4-16(14)17)25-10-9-15(13-25)20-23-21(28-24-20)18-6-3-11-27-18/h1-6,11-12,15,22H,7-10,13H2/t15-/m0/s1. The second kappa shape index (κ2) is 6.99. The summed E-state index contributed by atoms with van der Waals surface area (Å²) in [5.41, 5.74) is 2.29. The first-order chi connectivity index (χ1) is 13.8. The van der Waals surface area contributed by atoms with E-state index in [2.05, 4.69) is 21.2 Å². The van der Waals surface area contributed by atoms with Gasteiger partial charge in [0, 0.05) is 42.5 Å². The molecule has 7 heteroatoms. The minimum atomic E-state index is 0.101. The van der Waals surface area contributed by atoms with Crippen molar-refractivity contribution in [2.24, 2.45) is 0 Å². The Labute approximate surface area is 161 Å². The SMILES string of the molecule is O=C(CCc1c[nH]c2ccccc12)N1CC[C@H](c2noc(-c3ccco3)n2)C1. The molecule has 4 heterocycles. The average molecular weight is 376 g/mol. The summed E-state index contributed by atoms with van der Waals surface area (Å²) >= 11 is 0. The summed E-state index contributed by atoms with van der Waals surface area (Å²) < 4.78 is 10.6. The Kier molecular flexibility index (Phi) is 4.20. The lowest BCUT2D eigenvalue weighted by atomic mass is 10.1. The largest absolute Gasteiger partial charge is 0.459 e. The van der Waals surface area contributed by atoms with E-state index in [9.17, 15) is 4.79 Å². The van der Waals surface area contributed by atoms with Crippen molar-refractivity contribution in [1.82, 2.24) is 20.0 Å². The lowest BCUT2D eigenvalue weighted by Gasteiger charge is -2.15. The molecule has 3 aromatic heterocycles. The Hall–Kier alpha value is -3.35. The van der Waals surface area contributed by atoms with Gasteiger partial charge in [0.2, 0.25) is 5.91 Å². The van der Waals surface area contributed by atoms with E-state index in [1.54, 1.807) is 18.4 Å². The third kappa shape index (κ3) is 3.09. The van der Waals surface area contributed by atoms with Gasteiger partial charge >= 0.3 is 0 Å². The van der Waals surface area contributed by atoms with Crippen molar-refractivity contribution in [3.05, 3.63) is 60.2 Å². The number of nitrogens with one attached hydrogen (secondary N) is 1. The lowest BCUT2D eigenvalue weighted by molar-refractivity contribution is -0.130. The topological polar surface area (TPSA) is 88.2 Å². The minimum absolute atomic E-state index is 0.101. The molecule has 1 saturated heterocycles. The van der Waals surface area contributed by atoms with Gasteiger partial charge in [-0.15, -0.1) is 0 Å². The quantitative estimate of drug-likeness (QED) is 0.573. The van der Waals surface area contributed by atoms with Crippen LogP contribution in [0.1, 0.15) is 30.1 Å².